The number of aromatic nitrogens is 1. The van der Waals surface area contributed by atoms with Crippen molar-refractivity contribution in [2.24, 2.45) is 10.9 Å². The molecule has 0 bridgehead atoms. The third-order valence-corrected chi connectivity index (χ3v) is 3.27. The maximum atomic E-state index is 4.60. The van der Waals surface area contributed by atoms with E-state index in [1.807, 2.05) is 18.2 Å². The first kappa shape index (κ1) is 21.1. The Morgan fingerprint density at radius 2 is 2.00 bits per heavy atom. The zero-order valence-corrected chi connectivity index (χ0v) is 16.6. The molecule has 0 aliphatic carbocycles. The molecule has 1 rings (SSSR count). The molecule has 0 saturated carbocycles. The summed E-state index contributed by atoms with van der Waals surface area (Å²) in [6, 6.07) is 6.35. The van der Waals surface area contributed by atoms with Crippen molar-refractivity contribution in [3.8, 4) is 0 Å². The van der Waals surface area contributed by atoms with E-state index in [2.05, 4.69) is 48.3 Å². The van der Waals surface area contributed by atoms with Crippen molar-refractivity contribution in [3.05, 3.63) is 30.1 Å². The first-order valence-corrected chi connectivity index (χ1v) is 8.06. The van der Waals surface area contributed by atoms with Crippen LogP contribution in [0.2, 0.25) is 0 Å². The van der Waals surface area contributed by atoms with E-state index in [4.69, 9.17) is 0 Å². The molecule has 1 heterocycles. The van der Waals surface area contributed by atoms with Gasteiger partial charge in [-0.1, -0.05) is 32.8 Å². The highest BCUT2D eigenvalue weighted by atomic mass is 127. The topological polar surface area (TPSA) is 49.3 Å². The van der Waals surface area contributed by atoms with Gasteiger partial charge in [0.15, 0.2) is 5.96 Å². The first-order chi connectivity index (χ1) is 10.1. The second-order valence-electron chi connectivity index (χ2n) is 5.89. The maximum absolute atomic E-state index is 4.60. The fourth-order valence-electron chi connectivity index (χ4n) is 2.11. The third kappa shape index (κ3) is 9.97. The molecule has 0 aromatic carbocycles. The average Bonchev–Trinajstić information content (AvgIpc) is 2.45. The van der Waals surface area contributed by atoms with Crippen LogP contribution in [0.1, 0.15) is 52.7 Å². The predicted octanol–water partition coefficient (Wildman–Crippen LogP) is 3.97. The van der Waals surface area contributed by atoms with Crippen molar-refractivity contribution in [3.63, 3.8) is 0 Å². The predicted molar refractivity (Wildman–Crippen MR) is 106 cm³/mol. The van der Waals surface area contributed by atoms with Crippen LogP contribution in [0.15, 0.2) is 29.4 Å². The number of hydrogen-bond donors (Lipinski definition) is 2. The van der Waals surface area contributed by atoms with Gasteiger partial charge in [-0.15, -0.1) is 24.0 Å². The van der Waals surface area contributed by atoms with Gasteiger partial charge < -0.3 is 10.6 Å². The van der Waals surface area contributed by atoms with Crippen molar-refractivity contribution >= 4 is 29.9 Å². The van der Waals surface area contributed by atoms with Crippen LogP contribution in [0.4, 0.5) is 0 Å². The summed E-state index contributed by atoms with van der Waals surface area (Å²) in [6.45, 7) is 10.3. The molecule has 5 heteroatoms. The summed E-state index contributed by atoms with van der Waals surface area (Å²) in [4.78, 5) is 8.90. The molecule has 126 valence electrons. The van der Waals surface area contributed by atoms with Crippen molar-refractivity contribution in [2.75, 3.05) is 6.54 Å². The van der Waals surface area contributed by atoms with Gasteiger partial charge in [0, 0.05) is 18.8 Å². The lowest BCUT2D eigenvalue weighted by Gasteiger charge is -2.18. The van der Waals surface area contributed by atoms with Crippen LogP contribution >= 0.6 is 24.0 Å². The number of nitrogens with one attached hydrogen (secondary N) is 2. The minimum atomic E-state index is 0. The van der Waals surface area contributed by atoms with E-state index in [1.165, 1.54) is 19.3 Å². The first-order valence-electron chi connectivity index (χ1n) is 8.06. The molecular weight excluding hydrogens is 387 g/mol. The molecule has 0 amide bonds. The van der Waals surface area contributed by atoms with Crippen molar-refractivity contribution in [2.45, 2.75) is 59.5 Å². The van der Waals surface area contributed by atoms with Crippen LogP contribution < -0.4 is 10.6 Å². The Morgan fingerprint density at radius 3 is 2.59 bits per heavy atom. The average molecular weight is 418 g/mol. The highest BCUT2D eigenvalue weighted by Crippen LogP contribution is 2.08. The molecule has 0 aliphatic heterocycles. The van der Waals surface area contributed by atoms with Gasteiger partial charge in [0.2, 0.25) is 0 Å². The Bertz CT molecular complexity index is 406. The van der Waals surface area contributed by atoms with Gasteiger partial charge in [0.1, 0.15) is 0 Å². The van der Waals surface area contributed by atoms with E-state index in [-0.39, 0.29) is 24.0 Å². The Labute approximate surface area is 152 Å². The van der Waals surface area contributed by atoms with Crippen molar-refractivity contribution < 1.29 is 0 Å². The number of rotatable bonds is 8. The highest BCUT2D eigenvalue weighted by Gasteiger charge is 2.05. The van der Waals surface area contributed by atoms with Crippen LogP contribution in [0, 0.1) is 5.92 Å². The third-order valence-electron chi connectivity index (χ3n) is 3.27. The quantitative estimate of drug-likeness (QED) is 0.382. The largest absolute Gasteiger partial charge is 0.357 e. The van der Waals surface area contributed by atoms with Gasteiger partial charge >= 0.3 is 0 Å². The smallest absolute Gasteiger partial charge is 0.191 e. The molecule has 0 saturated heterocycles. The minimum absolute atomic E-state index is 0. The number of nitrogens with zero attached hydrogens (tertiary/aromatic N) is 2. The number of aliphatic imine (C=N–C) groups is 1. The minimum Gasteiger partial charge on any atom is -0.357 e. The second-order valence-corrected chi connectivity index (χ2v) is 5.89. The zero-order chi connectivity index (χ0) is 15.5. The molecule has 1 unspecified atom stereocenters. The summed E-state index contributed by atoms with van der Waals surface area (Å²) in [7, 11) is 0. The van der Waals surface area contributed by atoms with Crippen LogP contribution in [0.25, 0.3) is 0 Å². The van der Waals surface area contributed by atoms with Gasteiger partial charge in [-0.3, -0.25) is 4.98 Å². The molecule has 0 aliphatic rings. The summed E-state index contributed by atoms with van der Waals surface area (Å²) < 4.78 is 0. The van der Waals surface area contributed by atoms with Gasteiger partial charge in [-0.25, -0.2) is 4.99 Å². The van der Waals surface area contributed by atoms with E-state index < -0.39 is 0 Å². The van der Waals surface area contributed by atoms with E-state index >= 15 is 0 Å². The van der Waals surface area contributed by atoms with Gasteiger partial charge in [0.25, 0.3) is 0 Å². The maximum Gasteiger partial charge on any atom is 0.191 e. The molecule has 1 aromatic heterocycles. The molecule has 0 spiro atoms. The lowest BCUT2D eigenvalue weighted by Crippen LogP contribution is -2.42. The molecule has 0 fully saturated rings. The molecule has 0 radical (unpaired) electrons. The summed E-state index contributed by atoms with van der Waals surface area (Å²) >= 11 is 0. The second kappa shape index (κ2) is 12.7. The zero-order valence-electron chi connectivity index (χ0n) is 14.3. The van der Waals surface area contributed by atoms with Gasteiger partial charge in [-0.05, 0) is 38.3 Å². The van der Waals surface area contributed by atoms with E-state index in [0.717, 1.165) is 24.1 Å². The summed E-state index contributed by atoms with van der Waals surface area (Å²) in [5.74, 6) is 1.66. The molecule has 4 nitrogen and oxygen atoms in total. The van der Waals surface area contributed by atoms with E-state index in [0.29, 0.717) is 12.6 Å². The lowest BCUT2D eigenvalue weighted by atomic mass is 10.0. The monoisotopic (exact) mass is 418 g/mol. The lowest BCUT2D eigenvalue weighted by molar-refractivity contribution is 0.491. The Balaban J connectivity index is 0.00000441. The standard InChI is InChI=1S/C17H30N4.HI/c1-5-18-17(20-13-16-11-6-7-12-19-16)21-15(4)10-8-9-14(2)3;/h6-7,11-12,14-15H,5,8-10,13H2,1-4H3,(H2,18,20,21);1H. The Hall–Kier alpha value is -0.850. The molecule has 22 heavy (non-hydrogen) atoms. The normalized spacial score (nSPS) is 12.7. The summed E-state index contributed by atoms with van der Waals surface area (Å²) in [5.41, 5.74) is 0.988. The van der Waals surface area contributed by atoms with Crippen LogP contribution in [0.3, 0.4) is 0 Å². The number of halogens is 1. The van der Waals surface area contributed by atoms with Gasteiger partial charge in [0.05, 0.1) is 12.2 Å². The number of guanidine groups is 1. The van der Waals surface area contributed by atoms with Crippen molar-refractivity contribution in [1.29, 1.82) is 0 Å². The van der Waals surface area contributed by atoms with Crippen LogP contribution in [0.5, 0.6) is 0 Å². The van der Waals surface area contributed by atoms with E-state index in [9.17, 15) is 0 Å². The van der Waals surface area contributed by atoms with Crippen LogP contribution in [-0.2, 0) is 6.54 Å². The fourth-order valence-corrected chi connectivity index (χ4v) is 2.11. The molecule has 1 atom stereocenters. The highest BCUT2D eigenvalue weighted by molar-refractivity contribution is 14.0. The Morgan fingerprint density at radius 1 is 1.23 bits per heavy atom. The number of pyridine rings is 1. The SMILES string of the molecule is CCNC(=NCc1ccccn1)NC(C)CCCC(C)C.I. The molecular formula is C17H31IN4. The summed E-state index contributed by atoms with van der Waals surface area (Å²) in [5, 5.41) is 6.77. The van der Waals surface area contributed by atoms with Crippen molar-refractivity contribution in [1.82, 2.24) is 15.6 Å². The van der Waals surface area contributed by atoms with Crippen LogP contribution in [-0.4, -0.2) is 23.5 Å². The number of hydrogen-bond acceptors (Lipinski definition) is 2. The fraction of sp³-hybridized carbons (Fsp3) is 0.647. The molecule has 2 N–H and O–H groups in total. The van der Waals surface area contributed by atoms with E-state index in [1.54, 1.807) is 6.20 Å². The summed E-state index contributed by atoms with van der Waals surface area (Å²) in [6.07, 6.45) is 5.52. The van der Waals surface area contributed by atoms with Gasteiger partial charge in [-0.2, -0.15) is 0 Å². The molecule has 1 aromatic rings. The Kier molecular flexibility index (Phi) is 12.2.